The first-order chi connectivity index (χ1) is 5.86. The molecular formula is C9H15N3. The lowest BCUT2D eigenvalue weighted by molar-refractivity contribution is 0.303. The Balaban J connectivity index is 1.99. The Bertz CT molecular complexity index is 222. The van der Waals surface area contributed by atoms with Crippen molar-refractivity contribution in [3.05, 3.63) is 18.5 Å². The van der Waals surface area contributed by atoms with E-state index in [9.17, 15) is 0 Å². The first-order valence-corrected chi connectivity index (χ1v) is 4.59. The van der Waals surface area contributed by atoms with Gasteiger partial charge in [0.1, 0.15) is 0 Å². The lowest BCUT2D eigenvalue weighted by Crippen LogP contribution is -2.38. The molecule has 3 nitrogen and oxygen atoms in total. The fourth-order valence-corrected chi connectivity index (χ4v) is 1.71. The largest absolute Gasteiger partial charge is 0.312 e. The summed E-state index contributed by atoms with van der Waals surface area (Å²) in [4.78, 5) is 0. The molecule has 66 valence electrons. The summed E-state index contributed by atoms with van der Waals surface area (Å²) >= 11 is 0. The number of piperidine rings is 1. The number of aromatic nitrogens is 2. The van der Waals surface area contributed by atoms with E-state index in [-0.39, 0.29) is 0 Å². The van der Waals surface area contributed by atoms with Gasteiger partial charge >= 0.3 is 0 Å². The topological polar surface area (TPSA) is 29.9 Å². The number of hydrogen-bond donors (Lipinski definition) is 1. The Hall–Kier alpha value is -0.830. The Labute approximate surface area is 72.8 Å². The molecule has 0 aliphatic carbocycles. The monoisotopic (exact) mass is 165 g/mol. The van der Waals surface area contributed by atoms with Gasteiger partial charge in [-0.15, -0.1) is 0 Å². The smallest absolute Gasteiger partial charge is 0.0644 e. The van der Waals surface area contributed by atoms with Gasteiger partial charge in [0.15, 0.2) is 0 Å². The summed E-state index contributed by atoms with van der Waals surface area (Å²) in [5.41, 5.74) is 0. The van der Waals surface area contributed by atoms with Gasteiger partial charge in [-0.3, -0.25) is 4.68 Å². The molecule has 1 fully saturated rings. The first-order valence-electron chi connectivity index (χ1n) is 4.59. The number of nitrogens with zero attached hydrogens (tertiary/aromatic N) is 2. The van der Waals surface area contributed by atoms with Crippen LogP contribution in [0.2, 0.25) is 0 Å². The van der Waals surface area contributed by atoms with Gasteiger partial charge in [-0.1, -0.05) is 0 Å². The molecule has 1 aromatic rings. The van der Waals surface area contributed by atoms with Crippen molar-refractivity contribution in [1.82, 2.24) is 15.1 Å². The molecule has 0 aromatic carbocycles. The van der Waals surface area contributed by atoms with Crippen molar-refractivity contribution < 1.29 is 0 Å². The normalized spacial score (nSPS) is 30.4. The highest BCUT2D eigenvalue weighted by Gasteiger charge is 2.18. The van der Waals surface area contributed by atoms with Crippen LogP contribution in [0.15, 0.2) is 18.5 Å². The van der Waals surface area contributed by atoms with Crippen LogP contribution >= 0.6 is 0 Å². The summed E-state index contributed by atoms with van der Waals surface area (Å²) in [5.74, 6) is 0. The summed E-state index contributed by atoms with van der Waals surface area (Å²) in [5, 5.41) is 7.70. The van der Waals surface area contributed by atoms with Gasteiger partial charge in [-0.25, -0.2) is 0 Å². The van der Waals surface area contributed by atoms with E-state index in [1.54, 1.807) is 0 Å². The predicted octanol–water partition coefficient (Wildman–Crippen LogP) is 1.20. The van der Waals surface area contributed by atoms with E-state index in [0.717, 1.165) is 6.54 Å². The van der Waals surface area contributed by atoms with Crippen LogP contribution in [0, 0.1) is 0 Å². The SMILES string of the molecule is CC1CCC(n2cccn2)CN1. The van der Waals surface area contributed by atoms with Crippen molar-refractivity contribution in [2.45, 2.75) is 31.8 Å². The zero-order valence-corrected chi connectivity index (χ0v) is 7.40. The van der Waals surface area contributed by atoms with Gasteiger partial charge < -0.3 is 5.32 Å². The fourth-order valence-electron chi connectivity index (χ4n) is 1.71. The predicted molar refractivity (Wildman–Crippen MR) is 48.0 cm³/mol. The van der Waals surface area contributed by atoms with Crippen LogP contribution in [-0.4, -0.2) is 22.4 Å². The van der Waals surface area contributed by atoms with E-state index in [0.29, 0.717) is 12.1 Å². The first kappa shape index (κ1) is 7.80. The van der Waals surface area contributed by atoms with Crippen molar-refractivity contribution in [1.29, 1.82) is 0 Å². The lowest BCUT2D eigenvalue weighted by atomic mass is 10.0. The number of nitrogens with one attached hydrogen (secondary N) is 1. The number of rotatable bonds is 1. The average molecular weight is 165 g/mol. The van der Waals surface area contributed by atoms with E-state index in [2.05, 4.69) is 22.0 Å². The Kier molecular flexibility index (Phi) is 2.13. The molecule has 3 heteroatoms. The molecule has 1 aliphatic rings. The third kappa shape index (κ3) is 1.50. The summed E-state index contributed by atoms with van der Waals surface area (Å²) in [7, 11) is 0. The van der Waals surface area contributed by atoms with E-state index in [1.165, 1.54) is 12.8 Å². The summed E-state index contributed by atoms with van der Waals surface area (Å²) < 4.78 is 2.05. The Morgan fingerprint density at radius 1 is 1.50 bits per heavy atom. The molecule has 1 aromatic heterocycles. The Morgan fingerprint density at radius 2 is 2.42 bits per heavy atom. The lowest BCUT2D eigenvalue weighted by Gasteiger charge is -2.27. The molecule has 2 rings (SSSR count). The van der Waals surface area contributed by atoms with Gasteiger partial charge in [0.25, 0.3) is 0 Å². The maximum absolute atomic E-state index is 4.24. The molecule has 1 saturated heterocycles. The summed E-state index contributed by atoms with van der Waals surface area (Å²) in [6, 6.07) is 3.23. The minimum absolute atomic E-state index is 0.566. The van der Waals surface area contributed by atoms with Gasteiger partial charge in [-0.05, 0) is 25.8 Å². The molecule has 0 saturated carbocycles. The van der Waals surface area contributed by atoms with Crippen molar-refractivity contribution in [2.24, 2.45) is 0 Å². The van der Waals surface area contributed by atoms with Crippen molar-refractivity contribution in [3.8, 4) is 0 Å². The van der Waals surface area contributed by atoms with E-state index < -0.39 is 0 Å². The van der Waals surface area contributed by atoms with Gasteiger partial charge in [0, 0.05) is 25.0 Å². The van der Waals surface area contributed by atoms with Crippen LogP contribution in [-0.2, 0) is 0 Å². The Morgan fingerprint density at radius 3 is 3.00 bits per heavy atom. The molecule has 1 N–H and O–H groups in total. The van der Waals surface area contributed by atoms with Crippen molar-refractivity contribution >= 4 is 0 Å². The highest BCUT2D eigenvalue weighted by Crippen LogP contribution is 2.17. The molecule has 0 bridgehead atoms. The molecule has 0 radical (unpaired) electrons. The van der Waals surface area contributed by atoms with E-state index in [1.807, 2.05) is 18.5 Å². The molecule has 2 heterocycles. The maximum atomic E-state index is 4.24. The van der Waals surface area contributed by atoms with E-state index >= 15 is 0 Å². The minimum Gasteiger partial charge on any atom is -0.312 e. The highest BCUT2D eigenvalue weighted by molar-refractivity contribution is 4.85. The molecular weight excluding hydrogens is 150 g/mol. The third-order valence-corrected chi connectivity index (χ3v) is 2.53. The maximum Gasteiger partial charge on any atom is 0.0644 e. The third-order valence-electron chi connectivity index (χ3n) is 2.53. The summed E-state index contributed by atoms with van der Waals surface area (Å²) in [6.07, 6.45) is 6.39. The second-order valence-corrected chi connectivity index (χ2v) is 3.53. The minimum atomic E-state index is 0.566. The highest BCUT2D eigenvalue weighted by atomic mass is 15.3. The molecule has 0 amide bonds. The zero-order chi connectivity index (χ0) is 8.39. The second kappa shape index (κ2) is 3.27. The number of hydrogen-bond acceptors (Lipinski definition) is 2. The van der Waals surface area contributed by atoms with Gasteiger partial charge in [0.2, 0.25) is 0 Å². The van der Waals surface area contributed by atoms with Crippen LogP contribution < -0.4 is 5.32 Å². The van der Waals surface area contributed by atoms with Crippen LogP contribution in [0.5, 0.6) is 0 Å². The molecule has 12 heavy (non-hydrogen) atoms. The molecule has 2 atom stereocenters. The molecule has 2 unspecified atom stereocenters. The van der Waals surface area contributed by atoms with Crippen LogP contribution in [0.1, 0.15) is 25.8 Å². The summed E-state index contributed by atoms with van der Waals surface area (Å²) in [6.45, 7) is 3.29. The zero-order valence-electron chi connectivity index (χ0n) is 7.40. The second-order valence-electron chi connectivity index (χ2n) is 3.53. The van der Waals surface area contributed by atoms with Gasteiger partial charge in [0.05, 0.1) is 6.04 Å². The standard InChI is InChI=1S/C9H15N3/c1-8-3-4-9(7-10-8)12-6-2-5-11-12/h2,5-6,8-10H,3-4,7H2,1H3. The average Bonchev–Trinajstić information content (AvgIpc) is 2.58. The molecule has 1 aliphatic heterocycles. The van der Waals surface area contributed by atoms with Crippen LogP contribution in [0.4, 0.5) is 0 Å². The quantitative estimate of drug-likeness (QED) is 0.677. The van der Waals surface area contributed by atoms with Crippen LogP contribution in [0.3, 0.4) is 0 Å². The van der Waals surface area contributed by atoms with Crippen molar-refractivity contribution in [3.63, 3.8) is 0 Å². The fraction of sp³-hybridized carbons (Fsp3) is 0.667. The van der Waals surface area contributed by atoms with Crippen LogP contribution in [0.25, 0.3) is 0 Å². The van der Waals surface area contributed by atoms with Gasteiger partial charge in [-0.2, -0.15) is 5.10 Å². The van der Waals surface area contributed by atoms with E-state index in [4.69, 9.17) is 0 Å². The van der Waals surface area contributed by atoms with Crippen molar-refractivity contribution in [2.75, 3.05) is 6.54 Å². The molecule has 0 spiro atoms.